The van der Waals surface area contributed by atoms with Gasteiger partial charge >= 0.3 is 0 Å². The number of aryl methyl sites for hydroxylation is 1. The lowest BCUT2D eigenvalue weighted by atomic mass is 10.1. The van der Waals surface area contributed by atoms with Gasteiger partial charge in [0.15, 0.2) is 5.76 Å². The molecule has 0 radical (unpaired) electrons. The summed E-state index contributed by atoms with van der Waals surface area (Å²) in [6.07, 6.45) is 3.40. The van der Waals surface area contributed by atoms with Gasteiger partial charge in [0.25, 0.3) is 5.91 Å². The number of methoxy groups -OCH3 is 1. The van der Waals surface area contributed by atoms with Crippen molar-refractivity contribution < 1.29 is 18.7 Å². The van der Waals surface area contributed by atoms with Crippen LogP contribution in [0.3, 0.4) is 0 Å². The smallest absolute Gasteiger partial charge is 0.291 e. The van der Waals surface area contributed by atoms with Crippen LogP contribution in [0.4, 0.5) is 5.69 Å². The summed E-state index contributed by atoms with van der Waals surface area (Å²) >= 11 is 0. The third-order valence-corrected chi connectivity index (χ3v) is 4.63. The molecule has 2 aromatic carbocycles. The van der Waals surface area contributed by atoms with Gasteiger partial charge in [-0.15, -0.1) is 0 Å². The molecule has 0 aliphatic heterocycles. The van der Waals surface area contributed by atoms with Crippen molar-refractivity contribution in [1.29, 1.82) is 0 Å². The molecule has 4 aromatic rings. The van der Waals surface area contributed by atoms with E-state index in [2.05, 4.69) is 29.5 Å². The van der Waals surface area contributed by atoms with E-state index in [4.69, 9.17) is 13.9 Å². The molecule has 158 valence electrons. The highest BCUT2D eigenvalue weighted by Crippen LogP contribution is 2.21. The molecule has 7 nitrogen and oxygen atoms in total. The molecule has 0 atom stereocenters. The highest BCUT2D eigenvalue weighted by Gasteiger charge is 2.13. The molecular formula is C24H23N3O4. The van der Waals surface area contributed by atoms with E-state index in [9.17, 15) is 4.79 Å². The van der Waals surface area contributed by atoms with E-state index in [-0.39, 0.29) is 18.3 Å². The molecule has 1 N–H and O–H groups in total. The molecule has 7 heteroatoms. The van der Waals surface area contributed by atoms with Crippen molar-refractivity contribution in [2.24, 2.45) is 0 Å². The second-order valence-electron chi connectivity index (χ2n) is 7.10. The van der Waals surface area contributed by atoms with Crippen LogP contribution in [0.5, 0.6) is 11.5 Å². The van der Waals surface area contributed by atoms with Crippen LogP contribution in [-0.4, -0.2) is 22.8 Å². The van der Waals surface area contributed by atoms with E-state index in [1.54, 1.807) is 42.4 Å². The molecule has 4 rings (SSSR count). The van der Waals surface area contributed by atoms with Crippen LogP contribution in [0.15, 0.2) is 77.5 Å². The van der Waals surface area contributed by atoms with Crippen LogP contribution in [-0.2, 0) is 13.2 Å². The van der Waals surface area contributed by atoms with Crippen LogP contribution in [0.25, 0.3) is 0 Å². The van der Waals surface area contributed by atoms with Crippen molar-refractivity contribution in [3.63, 3.8) is 0 Å². The number of furan rings is 1. The molecular weight excluding hydrogens is 394 g/mol. The number of nitrogens with zero attached hydrogens (tertiary/aromatic N) is 2. The number of hydrogen-bond acceptors (Lipinski definition) is 5. The minimum absolute atomic E-state index is 0.203. The molecule has 0 aliphatic carbocycles. The van der Waals surface area contributed by atoms with E-state index in [1.807, 2.05) is 30.3 Å². The molecule has 31 heavy (non-hydrogen) atoms. The lowest BCUT2D eigenvalue weighted by Crippen LogP contribution is -2.10. The molecule has 1 amide bonds. The van der Waals surface area contributed by atoms with E-state index in [0.717, 1.165) is 5.56 Å². The first-order valence-electron chi connectivity index (χ1n) is 9.84. The Hall–Kier alpha value is -4.00. The predicted octanol–water partition coefficient (Wildman–Crippen LogP) is 4.67. The molecule has 2 aromatic heterocycles. The Labute approximate surface area is 180 Å². The number of rotatable bonds is 8. The van der Waals surface area contributed by atoms with E-state index >= 15 is 0 Å². The molecule has 0 fully saturated rings. The van der Waals surface area contributed by atoms with Crippen molar-refractivity contribution in [1.82, 2.24) is 9.78 Å². The summed E-state index contributed by atoms with van der Waals surface area (Å²) in [7, 11) is 1.60. The molecule has 0 aliphatic rings. The summed E-state index contributed by atoms with van der Waals surface area (Å²) in [5, 5.41) is 7.12. The van der Waals surface area contributed by atoms with Crippen LogP contribution >= 0.6 is 0 Å². The van der Waals surface area contributed by atoms with Gasteiger partial charge in [0.2, 0.25) is 0 Å². The highest BCUT2D eigenvalue weighted by atomic mass is 16.5. The minimum Gasteiger partial charge on any atom is -0.497 e. The average molecular weight is 417 g/mol. The number of anilines is 1. The Morgan fingerprint density at radius 3 is 2.77 bits per heavy atom. The second kappa shape index (κ2) is 9.21. The third kappa shape index (κ3) is 5.33. The number of ether oxygens (including phenoxy) is 2. The standard InChI is InChI=1S/C24H23N3O4/c1-17-5-3-6-18(11-17)14-27-15-19(13-25-27)26-24(28)23-10-9-22(31-23)16-30-21-8-4-7-20(12-21)29-2/h3-13,15H,14,16H2,1-2H3,(H,26,28). The quantitative estimate of drug-likeness (QED) is 0.451. The Kier molecular flexibility index (Phi) is 6.03. The number of carbonyl (C=O) groups excluding carboxylic acids is 1. The van der Waals surface area contributed by atoms with Crippen LogP contribution in [0.1, 0.15) is 27.4 Å². The van der Waals surface area contributed by atoms with E-state index in [0.29, 0.717) is 29.5 Å². The Morgan fingerprint density at radius 2 is 1.94 bits per heavy atom. The molecule has 2 heterocycles. The van der Waals surface area contributed by atoms with Gasteiger partial charge in [-0.1, -0.05) is 35.9 Å². The van der Waals surface area contributed by atoms with Gasteiger partial charge in [-0.3, -0.25) is 9.48 Å². The molecule has 0 saturated carbocycles. The molecule has 0 saturated heterocycles. The maximum Gasteiger partial charge on any atom is 0.291 e. The van der Waals surface area contributed by atoms with E-state index in [1.165, 1.54) is 5.56 Å². The Balaban J connectivity index is 1.33. The van der Waals surface area contributed by atoms with Gasteiger partial charge in [0.05, 0.1) is 25.5 Å². The number of hydrogen-bond donors (Lipinski definition) is 1. The van der Waals surface area contributed by atoms with Gasteiger partial charge in [0, 0.05) is 12.3 Å². The normalized spacial score (nSPS) is 10.6. The SMILES string of the molecule is COc1cccc(OCc2ccc(C(=O)Nc3cnn(Cc4cccc(C)c4)c3)o2)c1. The lowest BCUT2D eigenvalue weighted by Gasteiger charge is -2.06. The maximum atomic E-state index is 12.5. The summed E-state index contributed by atoms with van der Waals surface area (Å²) in [6.45, 7) is 2.89. The largest absolute Gasteiger partial charge is 0.497 e. The van der Waals surface area contributed by atoms with Gasteiger partial charge in [-0.05, 0) is 36.8 Å². The first-order valence-corrected chi connectivity index (χ1v) is 9.84. The number of benzene rings is 2. The number of nitrogens with one attached hydrogen (secondary N) is 1. The fourth-order valence-electron chi connectivity index (χ4n) is 3.13. The molecule has 0 spiro atoms. The van der Waals surface area contributed by atoms with Gasteiger partial charge in [-0.2, -0.15) is 5.10 Å². The van der Waals surface area contributed by atoms with Crippen LogP contribution < -0.4 is 14.8 Å². The monoisotopic (exact) mass is 417 g/mol. The highest BCUT2D eigenvalue weighted by molar-refractivity contribution is 6.02. The van der Waals surface area contributed by atoms with Crippen molar-refractivity contribution in [2.75, 3.05) is 12.4 Å². The summed E-state index contributed by atoms with van der Waals surface area (Å²) in [5.41, 5.74) is 2.94. The first-order chi connectivity index (χ1) is 15.1. The number of aromatic nitrogens is 2. The Morgan fingerprint density at radius 1 is 1.10 bits per heavy atom. The van der Waals surface area contributed by atoms with Gasteiger partial charge in [-0.25, -0.2) is 0 Å². The first kappa shape index (κ1) is 20.3. The summed E-state index contributed by atoms with van der Waals surface area (Å²) in [4.78, 5) is 12.5. The third-order valence-electron chi connectivity index (χ3n) is 4.63. The Bertz CT molecular complexity index is 1180. The predicted molar refractivity (Wildman–Crippen MR) is 116 cm³/mol. The fraction of sp³-hybridized carbons (Fsp3) is 0.167. The maximum absolute atomic E-state index is 12.5. The van der Waals surface area contributed by atoms with Crippen molar-refractivity contribution in [2.45, 2.75) is 20.1 Å². The number of amides is 1. The van der Waals surface area contributed by atoms with Crippen molar-refractivity contribution in [3.05, 3.63) is 95.7 Å². The second-order valence-corrected chi connectivity index (χ2v) is 7.10. The zero-order chi connectivity index (χ0) is 21.6. The number of carbonyl (C=O) groups is 1. The van der Waals surface area contributed by atoms with E-state index < -0.39 is 0 Å². The van der Waals surface area contributed by atoms with Crippen LogP contribution in [0, 0.1) is 6.92 Å². The topological polar surface area (TPSA) is 78.5 Å². The van der Waals surface area contributed by atoms with Crippen LogP contribution in [0.2, 0.25) is 0 Å². The van der Waals surface area contributed by atoms with Gasteiger partial charge < -0.3 is 19.2 Å². The fourth-order valence-corrected chi connectivity index (χ4v) is 3.13. The lowest BCUT2D eigenvalue weighted by molar-refractivity contribution is 0.0992. The molecule has 0 bridgehead atoms. The van der Waals surface area contributed by atoms with Crippen molar-refractivity contribution in [3.8, 4) is 11.5 Å². The zero-order valence-corrected chi connectivity index (χ0v) is 17.4. The van der Waals surface area contributed by atoms with Gasteiger partial charge in [0.1, 0.15) is 23.9 Å². The summed E-state index contributed by atoms with van der Waals surface area (Å²) in [5.74, 6) is 1.77. The summed E-state index contributed by atoms with van der Waals surface area (Å²) < 4.78 is 18.3. The molecule has 0 unspecified atom stereocenters. The van der Waals surface area contributed by atoms with Crippen molar-refractivity contribution >= 4 is 11.6 Å². The average Bonchev–Trinajstić information content (AvgIpc) is 3.42. The summed E-state index contributed by atoms with van der Waals surface area (Å²) in [6, 6.07) is 18.9. The minimum atomic E-state index is -0.345. The zero-order valence-electron chi connectivity index (χ0n) is 17.4.